The number of aromatic nitrogens is 1. The van der Waals surface area contributed by atoms with Gasteiger partial charge in [0.05, 0.1) is 30.3 Å². The van der Waals surface area contributed by atoms with Gasteiger partial charge in [-0.25, -0.2) is 4.79 Å². The van der Waals surface area contributed by atoms with Crippen molar-refractivity contribution in [3.05, 3.63) is 53.7 Å². The molecular formula is C18H18N2O4. The second-order valence-corrected chi connectivity index (χ2v) is 5.30. The Hall–Kier alpha value is -2.86. The van der Waals surface area contributed by atoms with Gasteiger partial charge >= 0.3 is 5.97 Å². The predicted molar refractivity (Wildman–Crippen MR) is 90.5 cm³/mol. The van der Waals surface area contributed by atoms with Gasteiger partial charge in [0.1, 0.15) is 0 Å². The van der Waals surface area contributed by atoms with Crippen molar-refractivity contribution in [3.8, 4) is 0 Å². The van der Waals surface area contributed by atoms with Crippen molar-refractivity contribution in [1.29, 1.82) is 0 Å². The molecule has 6 heteroatoms. The molecule has 0 spiro atoms. The number of carbonyl (C=O) groups is 2. The van der Waals surface area contributed by atoms with Gasteiger partial charge in [-0.15, -0.1) is 0 Å². The largest absolute Gasteiger partial charge is 0.465 e. The number of carbonyl (C=O) groups excluding carboxylic acids is 2. The third-order valence-electron chi connectivity index (χ3n) is 3.89. The summed E-state index contributed by atoms with van der Waals surface area (Å²) in [5.41, 5.74) is 2.55. The van der Waals surface area contributed by atoms with Crippen LogP contribution < -0.4 is 5.32 Å². The number of esters is 1. The van der Waals surface area contributed by atoms with Gasteiger partial charge < -0.3 is 19.2 Å². The van der Waals surface area contributed by atoms with Crippen LogP contribution in [0.25, 0.3) is 16.4 Å². The molecule has 1 N–H and O–H groups in total. The standard InChI is InChI=1S/C18H18N2O4/c1-23-10-8-19-17(21)12-6-7-13-15(11-12)20-9-4-3-5-14(20)16(13)18(22)24-2/h3-7,9,11H,8,10H2,1-2H3,(H,19,21). The quantitative estimate of drug-likeness (QED) is 0.577. The molecule has 0 saturated carbocycles. The molecule has 0 bridgehead atoms. The third kappa shape index (κ3) is 2.72. The summed E-state index contributed by atoms with van der Waals surface area (Å²) in [7, 11) is 2.94. The molecule has 124 valence electrons. The zero-order chi connectivity index (χ0) is 17.1. The Balaban J connectivity index is 2.11. The van der Waals surface area contributed by atoms with Crippen molar-refractivity contribution >= 4 is 28.3 Å². The number of hydrogen-bond donors (Lipinski definition) is 1. The van der Waals surface area contributed by atoms with Crippen molar-refractivity contribution in [2.45, 2.75) is 0 Å². The number of amides is 1. The van der Waals surface area contributed by atoms with Crippen molar-refractivity contribution in [3.63, 3.8) is 0 Å². The summed E-state index contributed by atoms with van der Waals surface area (Å²) in [5.74, 6) is -0.578. The van der Waals surface area contributed by atoms with Gasteiger partial charge in [-0.05, 0) is 24.3 Å². The van der Waals surface area contributed by atoms with Crippen LogP contribution in [-0.4, -0.2) is 43.6 Å². The van der Waals surface area contributed by atoms with E-state index in [1.165, 1.54) is 7.11 Å². The fourth-order valence-corrected chi connectivity index (χ4v) is 2.76. The maximum Gasteiger partial charge on any atom is 0.340 e. The second kappa shape index (κ2) is 6.72. The highest BCUT2D eigenvalue weighted by atomic mass is 16.5. The number of rotatable bonds is 5. The normalized spacial score (nSPS) is 10.9. The molecule has 0 aliphatic carbocycles. The van der Waals surface area contributed by atoms with Crippen LogP contribution in [0.1, 0.15) is 20.7 Å². The number of pyridine rings is 1. The molecule has 2 aromatic heterocycles. The summed E-state index contributed by atoms with van der Waals surface area (Å²) in [6, 6.07) is 10.8. The van der Waals surface area contributed by atoms with E-state index in [0.29, 0.717) is 24.3 Å². The Morgan fingerprint density at radius 2 is 1.96 bits per heavy atom. The summed E-state index contributed by atoms with van der Waals surface area (Å²) in [6.07, 6.45) is 1.86. The van der Waals surface area contributed by atoms with Gasteiger partial charge in [-0.3, -0.25) is 4.79 Å². The number of benzene rings is 1. The van der Waals surface area contributed by atoms with Crippen molar-refractivity contribution < 1.29 is 19.1 Å². The number of fused-ring (bicyclic) bond motifs is 3. The highest BCUT2D eigenvalue weighted by molar-refractivity contribution is 6.12. The highest BCUT2D eigenvalue weighted by Crippen LogP contribution is 2.28. The lowest BCUT2D eigenvalue weighted by molar-refractivity contribution is 0.0605. The average molecular weight is 326 g/mol. The molecule has 0 aliphatic heterocycles. The summed E-state index contributed by atoms with van der Waals surface area (Å²) in [6.45, 7) is 0.893. The van der Waals surface area contributed by atoms with Gasteiger partial charge in [0, 0.05) is 30.8 Å². The topological polar surface area (TPSA) is 69.0 Å². The first-order valence-corrected chi connectivity index (χ1v) is 7.55. The number of hydrogen-bond acceptors (Lipinski definition) is 4. The molecule has 24 heavy (non-hydrogen) atoms. The molecular weight excluding hydrogens is 308 g/mol. The summed E-state index contributed by atoms with van der Waals surface area (Å²) >= 11 is 0. The molecule has 0 saturated heterocycles. The molecule has 0 atom stereocenters. The van der Waals surface area contributed by atoms with Gasteiger partial charge in [-0.2, -0.15) is 0 Å². The first kappa shape index (κ1) is 16.0. The SMILES string of the molecule is COCCNC(=O)c1ccc2c(C(=O)OC)c3ccccn3c2c1. The monoisotopic (exact) mass is 326 g/mol. The lowest BCUT2D eigenvalue weighted by atomic mass is 10.1. The van der Waals surface area contributed by atoms with Crippen LogP contribution in [0.3, 0.4) is 0 Å². The molecule has 2 heterocycles. The first-order chi connectivity index (χ1) is 11.7. The van der Waals surface area contributed by atoms with Crippen LogP contribution in [0.2, 0.25) is 0 Å². The Kier molecular flexibility index (Phi) is 4.48. The van der Waals surface area contributed by atoms with Crippen LogP contribution in [0.5, 0.6) is 0 Å². The Bertz CT molecular complexity index is 914. The summed E-state index contributed by atoms with van der Waals surface area (Å²) in [4.78, 5) is 24.4. The van der Waals surface area contributed by atoms with Crippen molar-refractivity contribution in [1.82, 2.24) is 9.72 Å². The zero-order valence-electron chi connectivity index (χ0n) is 13.5. The predicted octanol–water partition coefficient (Wildman–Crippen LogP) is 2.26. The molecule has 0 aliphatic rings. The number of nitrogens with one attached hydrogen (secondary N) is 1. The smallest absolute Gasteiger partial charge is 0.340 e. The minimum atomic E-state index is -0.397. The van der Waals surface area contributed by atoms with Crippen LogP contribution in [-0.2, 0) is 9.47 Å². The Morgan fingerprint density at radius 3 is 2.71 bits per heavy atom. The minimum absolute atomic E-state index is 0.181. The van der Waals surface area contributed by atoms with Crippen molar-refractivity contribution in [2.24, 2.45) is 0 Å². The van der Waals surface area contributed by atoms with E-state index in [-0.39, 0.29) is 5.91 Å². The highest BCUT2D eigenvalue weighted by Gasteiger charge is 2.19. The third-order valence-corrected chi connectivity index (χ3v) is 3.89. The summed E-state index contributed by atoms with van der Waals surface area (Å²) in [5, 5.41) is 3.54. The average Bonchev–Trinajstić information content (AvgIpc) is 2.95. The van der Waals surface area contributed by atoms with E-state index in [9.17, 15) is 9.59 Å². The molecule has 0 unspecified atom stereocenters. The number of methoxy groups -OCH3 is 2. The number of nitrogens with zero attached hydrogens (tertiary/aromatic N) is 1. The minimum Gasteiger partial charge on any atom is -0.465 e. The molecule has 3 aromatic rings. The van der Waals surface area contributed by atoms with Crippen molar-refractivity contribution in [2.75, 3.05) is 27.4 Å². The fraction of sp³-hybridized carbons (Fsp3) is 0.222. The van der Waals surface area contributed by atoms with E-state index in [2.05, 4.69) is 5.32 Å². The molecule has 0 fully saturated rings. The fourth-order valence-electron chi connectivity index (χ4n) is 2.76. The van der Waals surface area contributed by atoms with Gasteiger partial charge in [0.15, 0.2) is 0 Å². The van der Waals surface area contributed by atoms with Crippen LogP contribution in [0.4, 0.5) is 0 Å². The van der Waals surface area contributed by atoms with E-state index in [1.54, 1.807) is 25.3 Å². The number of ether oxygens (including phenoxy) is 2. The Labute approximate surface area is 139 Å². The second-order valence-electron chi connectivity index (χ2n) is 5.30. The zero-order valence-corrected chi connectivity index (χ0v) is 13.5. The molecule has 0 radical (unpaired) electrons. The molecule has 1 amide bonds. The first-order valence-electron chi connectivity index (χ1n) is 7.55. The Morgan fingerprint density at radius 1 is 1.12 bits per heavy atom. The molecule has 1 aromatic carbocycles. The molecule has 3 rings (SSSR count). The van der Waals surface area contributed by atoms with Crippen LogP contribution in [0, 0.1) is 0 Å². The van der Waals surface area contributed by atoms with E-state index in [1.807, 2.05) is 28.8 Å². The van der Waals surface area contributed by atoms with Crippen LogP contribution in [0.15, 0.2) is 42.6 Å². The van der Waals surface area contributed by atoms with Gasteiger partial charge in [0.25, 0.3) is 5.91 Å². The summed E-state index contributed by atoms with van der Waals surface area (Å²) < 4.78 is 11.7. The van der Waals surface area contributed by atoms with E-state index < -0.39 is 5.97 Å². The lowest BCUT2D eigenvalue weighted by Crippen LogP contribution is -2.26. The van der Waals surface area contributed by atoms with Gasteiger partial charge in [0.2, 0.25) is 0 Å². The maximum absolute atomic E-state index is 12.2. The van der Waals surface area contributed by atoms with E-state index in [4.69, 9.17) is 9.47 Å². The van der Waals surface area contributed by atoms with E-state index >= 15 is 0 Å². The van der Waals surface area contributed by atoms with Crippen LogP contribution >= 0.6 is 0 Å². The van der Waals surface area contributed by atoms with E-state index in [0.717, 1.165) is 16.4 Å². The molecule has 6 nitrogen and oxygen atoms in total. The van der Waals surface area contributed by atoms with Gasteiger partial charge in [-0.1, -0.05) is 12.1 Å². The maximum atomic E-state index is 12.2. The lowest BCUT2D eigenvalue weighted by Gasteiger charge is -2.05.